The molecule has 5 heteroatoms. The lowest BCUT2D eigenvalue weighted by Crippen LogP contribution is -2.63. The van der Waals surface area contributed by atoms with Crippen molar-refractivity contribution in [1.82, 2.24) is 10.2 Å². The Kier molecular flexibility index (Phi) is 7.72. The highest BCUT2D eigenvalue weighted by Gasteiger charge is 2.38. The van der Waals surface area contributed by atoms with E-state index in [2.05, 4.69) is 19.2 Å². The minimum absolute atomic E-state index is 0.0299. The largest absolute Gasteiger partial charge is 0.380 e. The minimum atomic E-state index is -0.360. The number of nitrogens with one attached hydrogen (secondary N) is 1. The molecule has 2 atom stereocenters. The summed E-state index contributed by atoms with van der Waals surface area (Å²) < 4.78 is 5.59. The number of piperazine rings is 1. The second-order valence-corrected chi connectivity index (χ2v) is 6.10. The van der Waals surface area contributed by atoms with Crippen LogP contribution < -0.4 is 5.32 Å². The van der Waals surface area contributed by atoms with Crippen molar-refractivity contribution in [2.45, 2.75) is 65.5 Å². The number of carbonyl (C=O) groups excluding carboxylic acids is 2. The summed E-state index contributed by atoms with van der Waals surface area (Å²) in [5.41, 5.74) is 0. The Labute approximate surface area is 128 Å². The Balaban J connectivity index is 2.53. The average molecular weight is 298 g/mol. The molecule has 0 aromatic carbocycles. The third-order valence-electron chi connectivity index (χ3n) is 3.86. The summed E-state index contributed by atoms with van der Waals surface area (Å²) >= 11 is 0. The van der Waals surface area contributed by atoms with E-state index in [9.17, 15) is 9.59 Å². The molecule has 0 spiro atoms. The van der Waals surface area contributed by atoms with Crippen LogP contribution in [0.4, 0.5) is 0 Å². The Morgan fingerprint density at radius 3 is 2.52 bits per heavy atom. The van der Waals surface area contributed by atoms with Gasteiger partial charge in [-0.2, -0.15) is 0 Å². The van der Waals surface area contributed by atoms with Gasteiger partial charge in [-0.25, -0.2) is 0 Å². The zero-order valence-corrected chi connectivity index (χ0v) is 13.9. The van der Waals surface area contributed by atoms with E-state index in [1.54, 1.807) is 4.90 Å². The molecule has 0 aromatic heterocycles. The normalized spacial score (nSPS) is 22.8. The highest BCUT2D eigenvalue weighted by atomic mass is 16.5. The van der Waals surface area contributed by atoms with Gasteiger partial charge in [0.05, 0.1) is 6.61 Å². The van der Waals surface area contributed by atoms with Crippen molar-refractivity contribution in [3.8, 4) is 0 Å². The van der Waals surface area contributed by atoms with Crippen molar-refractivity contribution in [2.24, 2.45) is 5.92 Å². The van der Waals surface area contributed by atoms with Crippen molar-refractivity contribution < 1.29 is 14.3 Å². The van der Waals surface area contributed by atoms with Crippen LogP contribution in [0.15, 0.2) is 0 Å². The van der Waals surface area contributed by atoms with E-state index in [1.165, 1.54) is 0 Å². The lowest BCUT2D eigenvalue weighted by Gasteiger charge is -2.38. The van der Waals surface area contributed by atoms with Gasteiger partial charge in [0.1, 0.15) is 12.1 Å². The molecule has 2 amide bonds. The highest BCUT2D eigenvalue weighted by molar-refractivity contribution is 5.96. The van der Waals surface area contributed by atoms with Gasteiger partial charge in [0.25, 0.3) is 0 Å². The molecule has 0 aromatic rings. The molecule has 0 saturated carbocycles. The summed E-state index contributed by atoms with van der Waals surface area (Å²) in [7, 11) is 0. The van der Waals surface area contributed by atoms with E-state index >= 15 is 0 Å². The Bertz CT molecular complexity index is 344. The summed E-state index contributed by atoms with van der Waals surface area (Å²) in [6, 6.07) is -0.708. The fourth-order valence-corrected chi connectivity index (χ4v) is 2.57. The molecule has 5 nitrogen and oxygen atoms in total. The molecule has 122 valence electrons. The number of amides is 2. The first-order chi connectivity index (χ1) is 10.0. The van der Waals surface area contributed by atoms with E-state index in [0.717, 1.165) is 12.8 Å². The first kappa shape index (κ1) is 18.0. The Morgan fingerprint density at radius 1 is 1.24 bits per heavy atom. The molecule has 1 aliphatic rings. The summed E-state index contributed by atoms with van der Waals surface area (Å²) in [4.78, 5) is 26.3. The van der Waals surface area contributed by atoms with Crippen LogP contribution in [-0.2, 0) is 14.3 Å². The predicted octanol–water partition coefficient (Wildman–Crippen LogP) is 1.95. The van der Waals surface area contributed by atoms with Crippen LogP contribution in [-0.4, -0.2) is 48.6 Å². The van der Waals surface area contributed by atoms with E-state index in [-0.39, 0.29) is 23.9 Å². The smallest absolute Gasteiger partial charge is 0.245 e. The van der Waals surface area contributed by atoms with Gasteiger partial charge in [0.2, 0.25) is 11.8 Å². The van der Waals surface area contributed by atoms with Gasteiger partial charge < -0.3 is 15.0 Å². The summed E-state index contributed by atoms with van der Waals surface area (Å²) in [6.45, 7) is 9.98. The fraction of sp³-hybridized carbons (Fsp3) is 0.875. The highest BCUT2D eigenvalue weighted by Crippen LogP contribution is 2.15. The molecule has 1 rings (SSSR count). The van der Waals surface area contributed by atoms with Gasteiger partial charge >= 0.3 is 0 Å². The Hall–Kier alpha value is -1.10. The molecule has 0 bridgehead atoms. The molecule has 1 N–H and O–H groups in total. The van der Waals surface area contributed by atoms with E-state index in [4.69, 9.17) is 4.74 Å². The number of ether oxygens (including phenoxy) is 1. The maximum atomic E-state index is 12.5. The maximum Gasteiger partial charge on any atom is 0.245 e. The minimum Gasteiger partial charge on any atom is -0.380 e. The second kappa shape index (κ2) is 9.03. The summed E-state index contributed by atoms with van der Waals surface area (Å²) in [6.07, 6.45) is 3.24. The zero-order valence-electron chi connectivity index (χ0n) is 13.9. The van der Waals surface area contributed by atoms with Crippen LogP contribution in [0.1, 0.15) is 53.4 Å². The zero-order chi connectivity index (χ0) is 15.8. The molecule has 21 heavy (non-hydrogen) atoms. The SMILES string of the molecule is CCCC1NC(=O)C(CC)N(CCOCCC(C)C)C1=O. The summed E-state index contributed by atoms with van der Waals surface area (Å²) in [5, 5.41) is 2.84. The summed E-state index contributed by atoms with van der Waals surface area (Å²) in [5.74, 6) is 0.623. The number of hydrogen-bond donors (Lipinski definition) is 1. The van der Waals surface area contributed by atoms with Crippen molar-refractivity contribution in [1.29, 1.82) is 0 Å². The monoisotopic (exact) mass is 298 g/mol. The van der Waals surface area contributed by atoms with Crippen molar-refractivity contribution in [3.05, 3.63) is 0 Å². The van der Waals surface area contributed by atoms with Crippen LogP contribution in [0.25, 0.3) is 0 Å². The standard InChI is InChI=1S/C16H30N2O3/c1-5-7-13-16(20)18(14(6-2)15(19)17-13)9-11-21-10-8-12(3)4/h12-14H,5-11H2,1-4H3,(H,17,19). The first-order valence-corrected chi connectivity index (χ1v) is 8.19. The first-order valence-electron chi connectivity index (χ1n) is 8.19. The van der Waals surface area contributed by atoms with Crippen LogP contribution in [0.5, 0.6) is 0 Å². The Morgan fingerprint density at radius 2 is 1.95 bits per heavy atom. The average Bonchev–Trinajstić information content (AvgIpc) is 2.43. The molecule has 1 heterocycles. The van der Waals surface area contributed by atoms with Crippen molar-refractivity contribution in [2.75, 3.05) is 19.8 Å². The quantitative estimate of drug-likeness (QED) is 0.662. The third kappa shape index (κ3) is 5.30. The van der Waals surface area contributed by atoms with E-state index < -0.39 is 0 Å². The van der Waals surface area contributed by atoms with Crippen LogP contribution in [0, 0.1) is 5.92 Å². The molecule has 1 fully saturated rings. The predicted molar refractivity (Wildman–Crippen MR) is 82.9 cm³/mol. The molecule has 0 radical (unpaired) electrons. The number of nitrogens with zero attached hydrogens (tertiary/aromatic N) is 1. The number of carbonyl (C=O) groups is 2. The van der Waals surface area contributed by atoms with Crippen LogP contribution in [0.2, 0.25) is 0 Å². The van der Waals surface area contributed by atoms with Crippen molar-refractivity contribution >= 4 is 11.8 Å². The van der Waals surface area contributed by atoms with Crippen LogP contribution in [0.3, 0.4) is 0 Å². The molecule has 0 aliphatic carbocycles. The fourth-order valence-electron chi connectivity index (χ4n) is 2.57. The molecular weight excluding hydrogens is 268 g/mol. The molecule has 2 unspecified atom stereocenters. The maximum absolute atomic E-state index is 12.5. The second-order valence-electron chi connectivity index (χ2n) is 6.10. The lowest BCUT2D eigenvalue weighted by atomic mass is 10.0. The van der Waals surface area contributed by atoms with Gasteiger partial charge in [0, 0.05) is 13.2 Å². The van der Waals surface area contributed by atoms with Gasteiger partial charge in [-0.15, -0.1) is 0 Å². The number of rotatable bonds is 9. The third-order valence-corrected chi connectivity index (χ3v) is 3.86. The molecule has 1 saturated heterocycles. The van der Waals surface area contributed by atoms with Crippen LogP contribution >= 0.6 is 0 Å². The van der Waals surface area contributed by atoms with E-state index in [1.807, 2.05) is 13.8 Å². The lowest BCUT2D eigenvalue weighted by molar-refractivity contribution is -0.150. The van der Waals surface area contributed by atoms with Gasteiger partial charge in [-0.1, -0.05) is 34.1 Å². The van der Waals surface area contributed by atoms with Crippen molar-refractivity contribution in [3.63, 3.8) is 0 Å². The molecular formula is C16H30N2O3. The topological polar surface area (TPSA) is 58.6 Å². The van der Waals surface area contributed by atoms with Gasteiger partial charge in [-0.05, 0) is 25.2 Å². The van der Waals surface area contributed by atoms with Gasteiger partial charge in [0.15, 0.2) is 0 Å². The van der Waals surface area contributed by atoms with Gasteiger partial charge in [-0.3, -0.25) is 9.59 Å². The van der Waals surface area contributed by atoms with E-state index in [0.29, 0.717) is 38.5 Å². The molecule has 1 aliphatic heterocycles. The number of hydrogen-bond acceptors (Lipinski definition) is 3.